The minimum atomic E-state index is -0.975. The van der Waals surface area contributed by atoms with Gasteiger partial charge in [0, 0.05) is 18.3 Å². The molecular weight excluding hydrogens is 342 g/mol. The first-order chi connectivity index (χ1) is 11.4. The largest absolute Gasteiger partial charge is 0.452 e. The highest BCUT2D eigenvalue weighted by atomic mass is 35.5. The van der Waals surface area contributed by atoms with Crippen LogP contribution in [0, 0.1) is 10.1 Å². The Morgan fingerprint density at radius 1 is 1.33 bits per heavy atom. The fourth-order valence-corrected chi connectivity index (χ4v) is 1.86. The Balaban J connectivity index is 2.00. The van der Waals surface area contributed by atoms with Crippen LogP contribution in [0.2, 0.25) is 5.02 Å². The Morgan fingerprint density at radius 3 is 2.75 bits per heavy atom. The number of pyridine rings is 1. The second-order valence-corrected chi connectivity index (χ2v) is 4.87. The number of H-pyrrole nitrogens is 1. The molecule has 9 nitrogen and oxygen atoms in total. The number of nitrogens with zero attached hydrogens (tertiary/aromatic N) is 1. The quantitative estimate of drug-likeness (QED) is 0.479. The lowest BCUT2D eigenvalue weighted by Gasteiger charge is -2.07. The van der Waals surface area contributed by atoms with Gasteiger partial charge in [-0.25, -0.2) is 4.79 Å². The Kier molecular flexibility index (Phi) is 5.27. The third-order valence-electron chi connectivity index (χ3n) is 2.81. The van der Waals surface area contributed by atoms with Crippen molar-refractivity contribution < 1.29 is 19.2 Å². The summed E-state index contributed by atoms with van der Waals surface area (Å²) in [6, 6.07) is 6.19. The van der Waals surface area contributed by atoms with Crippen LogP contribution < -0.4 is 10.9 Å². The van der Waals surface area contributed by atoms with Crippen molar-refractivity contribution in [2.45, 2.75) is 0 Å². The van der Waals surface area contributed by atoms with Crippen LogP contribution in [0.15, 0.2) is 41.3 Å². The van der Waals surface area contributed by atoms with Crippen LogP contribution in [0.25, 0.3) is 0 Å². The van der Waals surface area contributed by atoms with Gasteiger partial charge in [0.25, 0.3) is 17.2 Å². The van der Waals surface area contributed by atoms with Crippen LogP contribution in [0.4, 0.5) is 11.4 Å². The molecule has 0 saturated heterocycles. The van der Waals surface area contributed by atoms with E-state index in [1.807, 2.05) is 0 Å². The number of amides is 1. The van der Waals surface area contributed by atoms with Gasteiger partial charge < -0.3 is 15.0 Å². The molecule has 1 amide bonds. The predicted molar refractivity (Wildman–Crippen MR) is 84.1 cm³/mol. The first kappa shape index (κ1) is 17.2. The van der Waals surface area contributed by atoms with Crippen LogP contribution >= 0.6 is 11.6 Å². The van der Waals surface area contributed by atoms with Crippen LogP contribution in [-0.2, 0) is 9.53 Å². The molecule has 1 heterocycles. The van der Waals surface area contributed by atoms with Crippen molar-refractivity contribution in [3.63, 3.8) is 0 Å². The van der Waals surface area contributed by atoms with E-state index in [1.165, 1.54) is 30.5 Å². The van der Waals surface area contributed by atoms with Crippen molar-refractivity contribution >= 4 is 34.9 Å². The van der Waals surface area contributed by atoms with Crippen molar-refractivity contribution in [2.24, 2.45) is 0 Å². The van der Waals surface area contributed by atoms with E-state index >= 15 is 0 Å². The van der Waals surface area contributed by atoms with Gasteiger partial charge in [-0.3, -0.25) is 19.7 Å². The number of ether oxygens (including phenoxy) is 1. The van der Waals surface area contributed by atoms with Gasteiger partial charge in [-0.05, 0) is 18.2 Å². The number of hydrogen-bond donors (Lipinski definition) is 2. The van der Waals surface area contributed by atoms with Crippen molar-refractivity contribution in [3.05, 3.63) is 67.6 Å². The molecule has 124 valence electrons. The summed E-state index contributed by atoms with van der Waals surface area (Å²) in [5.41, 5.74) is -1.16. The summed E-state index contributed by atoms with van der Waals surface area (Å²) in [7, 11) is 0. The fraction of sp³-hybridized carbons (Fsp3) is 0.0714. The number of nitrogens with one attached hydrogen (secondary N) is 2. The van der Waals surface area contributed by atoms with Gasteiger partial charge in [0.2, 0.25) is 0 Å². The first-order valence-corrected chi connectivity index (χ1v) is 6.85. The highest BCUT2D eigenvalue weighted by Crippen LogP contribution is 2.26. The molecule has 2 rings (SSSR count). The first-order valence-electron chi connectivity index (χ1n) is 6.47. The average Bonchev–Trinajstić information content (AvgIpc) is 2.55. The normalized spacial score (nSPS) is 10.0. The molecule has 0 spiro atoms. The smallest absolute Gasteiger partial charge is 0.344 e. The number of non-ortho nitro benzene ring substituents is 1. The van der Waals surface area contributed by atoms with E-state index in [4.69, 9.17) is 16.3 Å². The lowest BCUT2D eigenvalue weighted by molar-refractivity contribution is -0.384. The molecule has 0 fully saturated rings. The molecule has 0 aliphatic carbocycles. The minimum absolute atomic E-state index is 0.00414. The molecule has 0 atom stereocenters. The zero-order chi connectivity index (χ0) is 17.7. The zero-order valence-electron chi connectivity index (χ0n) is 11.9. The number of aromatic amines is 1. The maximum atomic E-state index is 11.8. The average molecular weight is 352 g/mol. The van der Waals surface area contributed by atoms with E-state index in [0.717, 1.165) is 6.07 Å². The van der Waals surface area contributed by atoms with Gasteiger partial charge in [-0.15, -0.1) is 0 Å². The molecule has 24 heavy (non-hydrogen) atoms. The number of carbonyl (C=O) groups excluding carboxylic acids is 2. The van der Waals surface area contributed by atoms with Crippen molar-refractivity contribution in [1.82, 2.24) is 4.98 Å². The summed E-state index contributed by atoms with van der Waals surface area (Å²) in [6.07, 6.45) is 1.34. The summed E-state index contributed by atoms with van der Waals surface area (Å²) < 4.78 is 4.71. The zero-order valence-corrected chi connectivity index (χ0v) is 12.7. The lowest BCUT2D eigenvalue weighted by atomic mass is 10.2. The van der Waals surface area contributed by atoms with Crippen LogP contribution in [-0.4, -0.2) is 28.4 Å². The van der Waals surface area contributed by atoms with Crippen molar-refractivity contribution in [2.75, 3.05) is 11.9 Å². The summed E-state index contributed by atoms with van der Waals surface area (Å²) in [6.45, 7) is -0.688. The fourth-order valence-electron chi connectivity index (χ4n) is 1.70. The molecule has 0 aliphatic rings. The van der Waals surface area contributed by atoms with Gasteiger partial charge in [-0.2, -0.15) is 0 Å². The Hall–Kier alpha value is -3.20. The van der Waals surface area contributed by atoms with Crippen molar-refractivity contribution in [1.29, 1.82) is 0 Å². The second kappa shape index (κ2) is 7.38. The molecular formula is C14H10ClN3O6. The molecule has 0 saturated carbocycles. The van der Waals surface area contributed by atoms with E-state index in [9.17, 15) is 24.5 Å². The maximum absolute atomic E-state index is 11.8. The Morgan fingerprint density at radius 2 is 2.08 bits per heavy atom. The standard InChI is InChI=1S/C14H10ClN3O6/c15-10-4-3-8(18(22)23)6-11(10)17-12(19)7-24-14(21)9-2-1-5-16-13(9)20/h1-6H,7H2,(H,16,20)(H,17,19). The van der Waals surface area contributed by atoms with Gasteiger partial charge >= 0.3 is 5.97 Å². The van der Waals surface area contributed by atoms with Crippen LogP contribution in [0.5, 0.6) is 0 Å². The molecule has 0 bridgehead atoms. The highest BCUT2D eigenvalue weighted by molar-refractivity contribution is 6.33. The van der Waals surface area contributed by atoms with Gasteiger partial charge in [-0.1, -0.05) is 11.6 Å². The number of rotatable bonds is 5. The lowest BCUT2D eigenvalue weighted by Crippen LogP contribution is -2.24. The van der Waals surface area contributed by atoms with Crippen LogP contribution in [0.3, 0.4) is 0 Å². The van der Waals surface area contributed by atoms with Gasteiger partial charge in [0.1, 0.15) is 5.56 Å². The number of benzene rings is 1. The van der Waals surface area contributed by atoms with E-state index < -0.39 is 29.0 Å². The van der Waals surface area contributed by atoms with Gasteiger partial charge in [0.05, 0.1) is 15.6 Å². The summed E-state index contributed by atoms with van der Waals surface area (Å²) in [5, 5.41) is 13.1. The number of hydrogen-bond acceptors (Lipinski definition) is 6. The summed E-state index contributed by atoms with van der Waals surface area (Å²) in [5.74, 6) is -1.74. The predicted octanol–water partition coefficient (Wildman–Crippen LogP) is 1.73. The monoisotopic (exact) mass is 351 g/mol. The number of aromatic nitrogens is 1. The van der Waals surface area contributed by atoms with E-state index in [2.05, 4.69) is 10.3 Å². The van der Waals surface area contributed by atoms with Crippen molar-refractivity contribution in [3.8, 4) is 0 Å². The summed E-state index contributed by atoms with van der Waals surface area (Å²) >= 11 is 5.83. The Bertz CT molecular complexity index is 864. The molecule has 10 heteroatoms. The minimum Gasteiger partial charge on any atom is -0.452 e. The number of anilines is 1. The Labute approximate surface area is 139 Å². The van der Waals surface area contributed by atoms with E-state index in [0.29, 0.717) is 0 Å². The number of nitro groups is 1. The SMILES string of the molecule is O=C(COC(=O)c1ccc[nH]c1=O)Nc1cc([N+](=O)[O-])ccc1Cl. The third-order valence-corrected chi connectivity index (χ3v) is 3.14. The molecule has 0 radical (unpaired) electrons. The number of carbonyl (C=O) groups is 2. The number of esters is 1. The summed E-state index contributed by atoms with van der Waals surface area (Å²) in [4.78, 5) is 47.2. The molecule has 0 aliphatic heterocycles. The topological polar surface area (TPSA) is 131 Å². The van der Waals surface area contributed by atoms with Crippen LogP contribution in [0.1, 0.15) is 10.4 Å². The molecule has 2 aromatic rings. The van der Waals surface area contributed by atoms with E-state index in [-0.39, 0.29) is 22.0 Å². The number of nitro benzene ring substituents is 1. The number of halogens is 1. The molecule has 0 unspecified atom stereocenters. The molecule has 2 N–H and O–H groups in total. The van der Waals surface area contributed by atoms with Gasteiger partial charge in [0.15, 0.2) is 6.61 Å². The highest BCUT2D eigenvalue weighted by Gasteiger charge is 2.15. The molecule has 1 aromatic heterocycles. The second-order valence-electron chi connectivity index (χ2n) is 4.46. The maximum Gasteiger partial charge on any atom is 0.344 e. The molecule has 1 aromatic carbocycles. The van der Waals surface area contributed by atoms with E-state index in [1.54, 1.807) is 0 Å². The third kappa shape index (κ3) is 4.17.